The third-order valence-corrected chi connectivity index (χ3v) is 4.87. The zero-order chi connectivity index (χ0) is 15.9. The van der Waals surface area contributed by atoms with Crippen molar-refractivity contribution in [3.63, 3.8) is 0 Å². The summed E-state index contributed by atoms with van der Waals surface area (Å²) in [6, 6.07) is 0.923. The lowest BCUT2D eigenvalue weighted by molar-refractivity contribution is -0.145. The number of carboxylic acid groups (broad SMARTS) is 1. The summed E-state index contributed by atoms with van der Waals surface area (Å²) in [5.41, 5.74) is -0.761. The first-order chi connectivity index (χ1) is 9.95. The summed E-state index contributed by atoms with van der Waals surface area (Å²) in [4.78, 5) is 14.3. The maximum Gasteiger partial charge on any atom is 0.323 e. The van der Waals surface area contributed by atoms with E-state index in [1.165, 1.54) is 25.7 Å². The van der Waals surface area contributed by atoms with Crippen LogP contribution in [0.4, 0.5) is 0 Å². The number of hydrogen-bond donors (Lipinski definition) is 2. The summed E-state index contributed by atoms with van der Waals surface area (Å²) in [6.07, 6.45) is 7.63. The Morgan fingerprint density at radius 1 is 1.33 bits per heavy atom. The maximum atomic E-state index is 11.7. The van der Waals surface area contributed by atoms with Gasteiger partial charge in [-0.05, 0) is 59.0 Å². The van der Waals surface area contributed by atoms with Crippen molar-refractivity contribution in [2.75, 3.05) is 13.1 Å². The van der Waals surface area contributed by atoms with E-state index in [1.807, 2.05) is 20.8 Å². The number of nitrogens with one attached hydrogen (secondary N) is 1. The van der Waals surface area contributed by atoms with E-state index in [2.05, 4.69) is 17.1 Å². The Hall–Kier alpha value is -0.610. The summed E-state index contributed by atoms with van der Waals surface area (Å²) >= 11 is 0. The van der Waals surface area contributed by atoms with Crippen molar-refractivity contribution in [3.05, 3.63) is 0 Å². The lowest BCUT2D eigenvalue weighted by Gasteiger charge is -2.33. The lowest BCUT2D eigenvalue weighted by Crippen LogP contribution is -2.54. The van der Waals surface area contributed by atoms with Crippen LogP contribution in [0.25, 0.3) is 0 Å². The third kappa shape index (κ3) is 5.26. The number of carboxylic acids is 1. The summed E-state index contributed by atoms with van der Waals surface area (Å²) in [5, 5.41) is 12.9. The van der Waals surface area contributed by atoms with Crippen LogP contribution in [0.5, 0.6) is 0 Å². The van der Waals surface area contributed by atoms with E-state index in [1.54, 1.807) is 0 Å². The molecular weight excluding hydrogens is 264 g/mol. The summed E-state index contributed by atoms with van der Waals surface area (Å²) < 4.78 is 0. The van der Waals surface area contributed by atoms with Gasteiger partial charge in [-0.2, -0.15) is 0 Å². The molecule has 0 aromatic heterocycles. The Morgan fingerprint density at radius 2 is 1.95 bits per heavy atom. The molecule has 1 rings (SSSR count). The Labute approximate surface area is 130 Å². The van der Waals surface area contributed by atoms with Gasteiger partial charge in [0.2, 0.25) is 0 Å². The van der Waals surface area contributed by atoms with Crippen LogP contribution in [0.3, 0.4) is 0 Å². The van der Waals surface area contributed by atoms with Gasteiger partial charge in [0.15, 0.2) is 0 Å². The molecule has 0 aromatic carbocycles. The van der Waals surface area contributed by atoms with Gasteiger partial charge in [-0.25, -0.2) is 0 Å². The molecule has 124 valence electrons. The molecule has 21 heavy (non-hydrogen) atoms. The van der Waals surface area contributed by atoms with Gasteiger partial charge >= 0.3 is 5.97 Å². The van der Waals surface area contributed by atoms with Crippen molar-refractivity contribution in [1.29, 1.82) is 0 Å². The van der Waals surface area contributed by atoms with Crippen LogP contribution < -0.4 is 5.32 Å². The van der Waals surface area contributed by atoms with Gasteiger partial charge in [-0.1, -0.05) is 26.7 Å². The molecule has 0 aromatic rings. The topological polar surface area (TPSA) is 52.6 Å². The van der Waals surface area contributed by atoms with E-state index < -0.39 is 11.5 Å². The summed E-state index contributed by atoms with van der Waals surface area (Å²) in [6.45, 7) is 10.3. The standard InChI is InChI=1S/C17H34N2O2/c1-5-17(16(20)21,18-14(3)4)12-9-13-19(6-2)15-10-7-8-11-15/h14-15,18H,5-13H2,1-4H3,(H,20,21). The molecule has 4 heteroatoms. The van der Waals surface area contributed by atoms with E-state index in [-0.39, 0.29) is 6.04 Å². The molecule has 0 radical (unpaired) electrons. The van der Waals surface area contributed by atoms with E-state index >= 15 is 0 Å². The number of aliphatic carboxylic acids is 1. The number of hydrogen-bond acceptors (Lipinski definition) is 3. The van der Waals surface area contributed by atoms with Gasteiger partial charge in [0, 0.05) is 12.1 Å². The number of nitrogens with zero attached hydrogens (tertiary/aromatic N) is 1. The molecule has 4 nitrogen and oxygen atoms in total. The van der Waals surface area contributed by atoms with Gasteiger partial charge in [0.05, 0.1) is 0 Å². The largest absolute Gasteiger partial charge is 0.480 e. The Balaban J connectivity index is 2.53. The first kappa shape index (κ1) is 18.4. The molecule has 0 amide bonds. The van der Waals surface area contributed by atoms with Crippen molar-refractivity contribution in [2.24, 2.45) is 0 Å². The highest BCUT2D eigenvalue weighted by Gasteiger charge is 2.36. The van der Waals surface area contributed by atoms with Crippen LogP contribution in [0.1, 0.15) is 72.6 Å². The second kappa shape index (κ2) is 8.74. The monoisotopic (exact) mass is 298 g/mol. The second-order valence-corrected chi connectivity index (χ2v) is 6.71. The van der Waals surface area contributed by atoms with E-state index in [0.29, 0.717) is 12.8 Å². The van der Waals surface area contributed by atoms with Crippen molar-refractivity contribution < 1.29 is 9.90 Å². The molecule has 1 saturated carbocycles. The fourth-order valence-electron chi connectivity index (χ4n) is 3.68. The molecule has 1 atom stereocenters. The van der Waals surface area contributed by atoms with Gasteiger partial charge < -0.3 is 10.0 Å². The smallest absolute Gasteiger partial charge is 0.323 e. The predicted molar refractivity (Wildman–Crippen MR) is 87.7 cm³/mol. The minimum Gasteiger partial charge on any atom is -0.480 e. The Bertz CT molecular complexity index is 314. The summed E-state index contributed by atoms with van der Waals surface area (Å²) in [7, 11) is 0. The van der Waals surface area contributed by atoms with E-state index in [9.17, 15) is 9.90 Å². The van der Waals surface area contributed by atoms with Crippen LogP contribution >= 0.6 is 0 Å². The van der Waals surface area contributed by atoms with Crippen LogP contribution in [0, 0.1) is 0 Å². The van der Waals surface area contributed by atoms with Crippen molar-refractivity contribution in [2.45, 2.75) is 90.3 Å². The van der Waals surface area contributed by atoms with E-state index in [0.717, 1.165) is 25.6 Å². The van der Waals surface area contributed by atoms with Gasteiger partial charge in [0.1, 0.15) is 5.54 Å². The molecule has 2 N–H and O–H groups in total. The molecule has 0 heterocycles. The molecule has 1 fully saturated rings. The molecular formula is C17H34N2O2. The zero-order valence-corrected chi connectivity index (χ0v) is 14.3. The zero-order valence-electron chi connectivity index (χ0n) is 14.3. The van der Waals surface area contributed by atoms with Gasteiger partial charge in [-0.3, -0.25) is 10.1 Å². The SMILES string of the molecule is CCN(CCCC(CC)(NC(C)C)C(=O)O)C1CCCC1. The fraction of sp³-hybridized carbons (Fsp3) is 0.941. The van der Waals surface area contributed by atoms with Crippen molar-refractivity contribution in [3.8, 4) is 0 Å². The van der Waals surface area contributed by atoms with Gasteiger partial charge in [0.25, 0.3) is 0 Å². The van der Waals surface area contributed by atoms with Crippen molar-refractivity contribution in [1.82, 2.24) is 10.2 Å². The molecule has 1 aliphatic carbocycles. The van der Waals surface area contributed by atoms with Crippen LogP contribution in [0.15, 0.2) is 0 Å². The highest BCUT2D eigenvalue weighted by atomic mass is 16.4. The van der Waals surface area contributed by atoms with Crippen molar-refractivity contribution >= 4 is 5.97 Å². The highest BCUT2D eigenvalue weighted by molar-refractivity contribution is 5.78. The highest BCUT2D eigenvalue weighted by Crippen LogP contribution is 2.25. The third-order valence-electron chi connectivity index (χ3n) is 4.87. The minimum atomic E-state index is -0.761. The normalized spacial score (nSPS) is 19.3. The average molecular weight is 298 g/mol. The quantitative estimate of drug-likeness (QED) is 0.650. The Kier molecular flexibility index (Phi) is 7.67. The molecule has 0 bridgehead atoms. The second-order valence-electron chi connectivity index (χ2n) is 6.71. The predicted octanol–water partition coefficient (Wildman–Crippen LogP) is 3.26. The molecule has 0 aliphatic heterocycles. The Morgan fingerprint density at radius 3 is 2.38 bits per heavy atom. The number of rotatable bonds is 10. The molecule has 0 spiro atoms. The molecule has 0 saturated heterocycles. The molecule has 1 unspecified atom stereocenters. The first-order valence-corrected chi connectivity index (χ1v) is 8.70. The van der Waals surface area contributed by atoms with Crippen LogP contribution in [-0.2, 0) is 4.79 Å². The van der Waals surface area contributed by atoms with E-state index in [4.69, 9.17) is 0 Å². The lowest BCUT2D eigenvalue weighted by atomic mass is 9.89. The fourth-order valence-corrected chi connectivity index (χ4v) is 3.68. The number of carbonyl (C=O) groups is 1. The minimum absolute atomic E-state index is 0.193. The summed E-state index contributed by atoms with van der Waals surface area (Å²) in [5.74, 6) is -0.706. The first-order valence-electron chi connectivity index (χ1n) is 8.70. The molecule has 1 aliphatic rings. The van der Waals surface area contributed by atoms with Gasteiger partial charge in [-0.15, -0.1) is 0 Å². The van der Waals surface area contributed by atoms with Crippen LogP contribution in [-0.4, -0.2) is 46.7 Å². The maximum absolute atomic E-state index is 11.7. The van der Waals surface area contributed by atoms with Crippen LogP contribution in [0.2, 0.25) is 0 Å². The average Bonchev–Trinajstić information content (AvgIpc) is 2.95.